The van der Waals surface area contributed by atoms with Gasteiger partial charge in [0.15, 0.2) is 0 Å². The van der Waals surface area contributed by atoms with Crippen molar-refractivity contribution in [2.24, 2.45) is 0 Å². The molecule has 0 bridgehead atoms. The predicted octanol–water partition coefficient (Wildman–Crippen LogP) is 8.16. The fourth-order valence-corrected chi connectivity index (χ4v) is 7.27. The van der Waals surface area contributed by atoms with Crippen LogP contribution in [0, 0.1) is 0 Å². The molecule has 0 aliphatic heterocycles. The van der Waals surface area contributed by atoms with Crippen molar-refractivity contribution < 1.29 is 52.1 Å². The third-order valence-electron chi connectivity index (χ3n) is 11.0. The normalized spacial score (nSPS) is 18.6. The minimum absolute atomic E-state index is 0.00413. The minimum atomic E-state index is -0.0813. The fourth-order valence-electron chi connectivity index (χ4n) is 7.27. The van der Waals surface area contributed by atoms with Crippen LogP contribution in [-0.2, 0) is 52.1 Å². The van der Waals surface area contributed by atoms with Crippen LogP contribution in [0.4, 0.5) is 0 Å². The van der Waals surface area contributed by atoms with Gasteiger partial charge in [-0.05, 0) is 83.1 Å². The molecule has 11 unspecified atom stereocenters. The van der Waals surface area contributed by atoms with E-state index in [1.807, 2.05) is 6.08 Å². The molecule has 0 heterocycles. The molecule has 0 aliphatic rings. The van der Waals surface area contributed by atoms with Crippen molar-refractivity contribution in [1.29, 1.82) is 0 Å². The lowest BCUT2D eigenvalue weighted by Crippen LogP contribution is -2.34. The number of rotatable bonds is 38. The van der Waals surface area contributed by atoms with Crippen molar-refractivity contribution in [2.75, 3.05) is 78.2 Å². The van der Waals surface area contributed by atoms with E-state index in [1.54, 1.807) is 78.2 Å². The number of hydrogen-bond acceptors (Lipinski definition) is 11. The topological polar surface area (TPSA) is 102 Å². The summed E-state index contributed by atoms with van der Waals surface area (Å²) in [5.41, 5.74) is 1.26. The zero-order valence-corrected chi connectivity index (χ0v) is 36.8. The molecule has 11 nitrogen and oxygen atoms in total. The van der Waals surface area contributed by atoms with E-state index in [0.29, 0.717) is 32.1 Å². The SMILES string of the molecule is C=CCC(CC(CC(CC(CC(CC(CC(CC(CC(CC(CC(OC)C(C)=CCCCCC)OC)OC)OC)OC)OC)OC)OC)OC)OC)OC. The third-order valence-corrected chi connectivity index (χ3v) is 11.0. The van der Waals surface area contributed by atoms with Gasteiger partial charge in [0.05, 0.1) is 67.1 Å². The number of ether oxygens (including phenoxy) is 11. The summed E-state index contributed by atoms with van der Waals surface area (Å²) in [5.74, 6) is 0. The summed E-state index contributed by atoms with van der Waals surface area (Å²) in [4.78, 5) is 0. The van der Waals surface area contributed by atoms with E-state index in [2.05, 4.69) is 26.5 Å². The van der Waals surface area contributed by atoms with Crippen LogP contribution >= 0.6 is 0 Å². The first kappa shape index (κ1) is 53.0. The lowest BCUT2D eigenvalue weighted by molar-refractivity contribution is -0.0609. The quantitative estimate of drug-likeness (QED) is 0.0449. The van der Waals surface area contributed by atoms with E-state index < -0.39 is 0 Å². The first-order valence-corrected chi connectivity index (χ1v) is 20.2. The van der Waals surface area contributed by atoms with Crippen LogP contribution in [0.1, 0.15) is 110 Å². The molecule has 0 aliphatic carbocycles. The van der Waals surface area contributed by atoms with Crippen molar-refractivity contribution >= 4 is 0 Å². The summed E-state index contributed by atoms with van der Waals surface area (Å²) in [5, 5.41) is 0. The molecule has 0 amide bonds. The zero-order valence-electron chi connectivity index (χ0n) is 36.8. The summed E-state index contributed by atoms with van der Waals surface area (Å²) in [6.07, 6.45) is 16.6. The van der Waals surface area contributed by atoms with Gasteiger partial charge in [-0.15, -0.1) is 6.58 Å². The molecule has 0 aromatic carbocycles. The third kappa shape index (κ3) is 23.3. The van der Waals surface area contributed by atoms with E-state index in [1.165, 1.54) is 24.8 Å². The molecule has 11 heteroatoms. The Morgan fingerprint density at radius 3 is 0.926 bits per heavy atom. The largest absolute Gasteiger partial charge is 0.381 e. The fraction of sp³-hybridized carbons (Fsp3) is 0.907. The van der Waals surface area contributed by atoms with E-state index >= 15 is 0 Å². The van der Waals surface area contributed by atoms with Gasteiger partial charge in [-0.3, -0.25) is 0 Å². The maximum Gasteiger partial charge on any atom is 0.0803 e. The summed E-state index contributed by atoms with van der Waals surface area (Å²) >= 11 is 0. The lowest BCUT2D eigenvalue weighted by Gasteiger charge is -2.31. The summed E-state index contributed by atoms with van der Waals surface area (Å²) < 4.78 is 65.0. The van der Waals surface area contributed by atoms with Gasteiger partial charge in [0.25, 0.3) is 0 Å². The number of hydrogen-bond donors (Lipinski definition) is 0. The van der Waals surface area contributed by atoms with Crippen molar-refractivity contribution in [2.45, 2.75) is 177 Å². The molecule has 322 valence electrons. The molecule has 0 fully saturated rings. The molecule has 0 N–H and O–H groups in total. The average molecular weight is 777 g/mol. The van der Waals surface area contributed by atoms with Crippen LogP contribution in [0.5, 0.6) is 0 Å². The smallest absolute Gasteiger partial charge is 0.0803 e. The summed E-state index contributed by atoms with van der Waals surface area (Å²) in [6, 6.07) is 0. The second kappa shape index (κ2) is 34.1. The summed E-state index contributed by atoms with van der Waals surface area (Å²) in [6.45, 7) is 8.23. The molecule has 0 radical (unpaired) electrons. The van der Waals surface area contributed by atoms with E-state index in [4.69, 9.17) is 52.1 Å². The lowest BCUT2D eigenvalue weighted by atomic mass is 9.93. The molecule has 0 saturated carbocycles. The highest BCUT2D eigenvalue weighted by atomic mass is 16.5. The highest BCUT2D eigenvalue weighted by molar-refractivity contribution is 5.06. The van der Waals surface area contributed by atoms with Crippen LogP contribution in [-0.4, -0.2) is 145 Å². The Balaban J connectivity index is 5.36. The Bertz CT molecular complexity index is 889. The van der Waals surface area contributed by atoms with Gasteiger partial charge < -0.3 is 52.1 Å². The van der Waals surface area contributed by atoms with E-state index in [9.17, 15) is 0 Å². The maximum absolute atomic E-state index is 6.00. The van der Waals surface area contributed by atoms with Crippen molar-refractivity contribution in [3.63, 3.8) is 0 Å². The Morgan fingerprint density at radius 1 is 0.407 bits per heavy atom. The molecule has 11 atom stereocenters. The predicted molar refractivity (Wildman–Crippen MR) is 218 cm³/mol. The average Bonchev–Trinajstić information content (AvgIpc) is 3.20. The zero-order chi connectivity index (χ0) is 40.7. The van der Waals surface area contributed by atoms with E-state index in [-0.39, 0.29) is 67.1 Å². The van der Waals surface area contributed by atoms with Crippen LogP contribution in [0.2, 0.25) is 0 Å². The van der Waals surface area contributed by atoms with Gasteiger partial charge in [0.1, 0.15) is 0 Å². The summed E-state index contributed by atoms with van der Waals surface area (Å²) in [7, 11) is 19.3. The molecule has 54 heavy (non-hydrogen) atoms. The highest BCUT2D eigenvalue weighted by Gasteiger charge is 2.29. The first-order chi connectivity index (χ1) is 26.1. The molecule has 0 rings (SSSR count). The molecular formula is C43H84O11. The molecule has 0 saturated heterocycles. The number of methoxy groups -OCH3 is 11. The van der Waals surface area contributed by atoms with Gasteiger partial charge in [-0.1, -0.05) is 31.9 Å². The number of unbranched alkanes of at least 4 members (excludes halogenated alkanes) is 3. The van der Waals surface area contributed by atoms with Crippen molar-refractivity contribution in [1.82, 2.24) is 0 Å². The van der Waals surface area contributed by atoms with Gasteiger partial charge >= 0.3 is 0 Å². The molecule has 0 aromatic heterocycles. The maximum atomic E-state index is 6.00. The van der Waals surface area contributed by atoms with Crippen LogP contribution in [0.15, 0.2) is 24.3 Å². The van der Waals surface area contributed by atoms with Gasteiger partial charge in [-0.25, -0.2) is 0 Å². The van der Waals surface area contributed by atoms with Crippen LogP contribution < -0.4 is 0 Å². The van der Waals surface area contributed by atoms with E-state index in [0.717, 1.165) is 44.9 Å². The minimum Gasteiger partial charge on any atom is -0.381 e. The monoisotopic (exact) mass is 777 g/mol. The second-order valence-corrected chi connectivity index (χ2v) is 14.6. The Labute approximate surface area is 331 Å². The van der Waals surface area contributed by atoms with Crippen molar-refractivity contribution in [3.8, 4) is 0 Å². The van der Waals surface area contributed by atoms with Gasteiger partial charge in [-0.2, -0.15) is 0 Å². The Morgan fingerprint density at radius 2 is 0.685 bits per heavy atom. The van der Waals surface area contributed by atoms with Gasteiger partial charge in [0, 0.05) is 91.0 Å². The number of allylic oxidation sites excluding steroid dienone is 1. The second-order valence-electron chi connectivity index (χ2n) is 14.6. The van der Waals surface area contributed by atoms with Crippen LogP contribution in [0.25, 0.3) is 0 Å². The first-order valence-electron chi connectivity index (χ1n) is 20.2. The van der Waals surface area contributed by atoms with Crippen molar-refractivity contribution in [3.05, 3.63) is 24.3 Å². The standard InChI is InChI=1S/C43H84O11/c1-15-17-18-19-21-32(3)43(54-14)31-42(53-13)30-41(52-12)29-40(51-11)28-39(50-10)27-38(49-9)26-37(48-8)25-36(47-7)24-35(46-6)23-34(45-5)22-33(44-4)20-16-2/h16,21,33-43H,2,15,17-20,22-31H2,1,3-14H3. The molecule has 0 spiro atoms. The van der Waals surface area contributed by atoms with Gasteiger partial charge in [0.2, 0.25) is 0 Å². The highest BCUT2D eigenvalue weighted by Crippen LogP contribution is 2.26. The van der Waals surface area contributed by atoms with Crippen LogP contribution in [0.3, 0.4) is 0 Å². The Hall–Kier alpha value is -0.960. The Kier molecular flexibility index (Phi) is 33.5. The molecule has 0 aromatic rings. The molecular weight excluding hydrogens is 692 g/mol.